The Morgan fingerprint density at radius 3 is 2.63 bits per heavy atom. The lowest BCUT2D eigenvalue weighted by Gasteiger charge is -2.15. The summed E-state index contributed by atoms with van der Waals surface area (Å²) in [5, 5.41) is 8.50. The summed E-state index contributed by atoms with van der Waals surface area (Å²) in [6, 6.07) is 4.58. The largest absolute Gasteiger partial charge is 0.496 e. The summed E-state index contributed by atoms with van der Waals surface area (Å²) in [4.78, 5) is 10.4. The van der Waals surface area contributed by atoms with Gasteiger partial charge in [0.05, 0.1) is 11.6 Å². The smallest absolute Gasteiger partial charge is 0.320 e. The van der Waals surface area contributed by atoms with E-state index in [0.29, 0.717) is 15.8 Å². The fraction of sp³-hybridized carbons (Fsp3) is 0.364. The molecule has 0 radical (unpaired) electrons. The van der Waals surface area contributed by atoms with Crippen LogP contribution in [-0.2, 0) is 14.8 Å². The molecule has 0 spiro atoms. The van der Waals surface area contributed by atoms with E-state index in [9.17, 15) is 13.2 Å². The quantitative estimate of drug-likeness (QED) is 0.810. The monoisotopic (exact) mass is 351 g/mol. The average molecular weight is 352 g/mol. The molecule has 1 atom stereocenters. The summed E-state index contributed by atoms with van der Waals surface area (Å²) < 4.78 is 31.1. The van der Waals surface area contributed by atoms with Gasteiger partial charge in [0.25, 0.3) is 0 Å². The van der Waals surface area contributed by atoms with Gasteiger partial charge in [0.1, 0.15) is 5.75 Å². The molecule has 0 aliphatic rings. The SMILES string of the molecule is COc1ccc(C(C)NS(=O)(=O)CC(=O)O)cc1Br. The zero-order valence-electron chi connectivity index (χ0n) is 10.4. The van der Waals surface area contributed by atoms with Crippen LogP contribution in [0.1, 0.15) is 18.5 Å². The summed E-state index contributed by atoms with van der Waals surface area (Å²) in [7, 11) is -2.33. The standard InChI is InChI=1S/C11H14BrNO5S/c1-7(13-19(16,17)6-11(14)15)8-3-4-10(18-2)9(12)5-8/h3-5,7,13H,6H2,1-2H3,(H,14,15). The van der Waals surface area contributed by atoms with E-state index >= 15 is 0 Å². The second-order valence-corrected chi connectivity index (χ2v) is 6.49. The van der Waals surface area contributed by atoms with Crippen LogP contribution in [0.5, 0.6) is 5.75 Å². The van der Waals surface area contributed by atoms with Gasteiger partial charge in [-0.2, -0.15) is 0 Å². The van der Waals surface area contributed by atoms with Crippen LogP contribution in [0.25, 0.3) is 0 Å². The molecule has 1 rings (SSSR count). The first-order chi connectivity index (χ1) is 8.75. The number of carbonyl (C=O) groups is 1. The Morgan fingerprint density at radius 1 is 1.53 bits per heavy atom. The van der Waals surface area contributed by atoms with Gasteiger partial charge in [0, 0.05) is 6.04 Å². The molecule has 1 aromatic carbocycles. The molecule has 0 aliphatic heterocycles. The number of hydrogen-bond donors (Lipinski definition) is 2. The van der Waals surface area contributed by atoms with Crippen molar-refractivity contribution in [3.05, 3.63) is 28.2 Å². The normalized spacial score (nSPS) is 13.0. The van der Waals surface area contributed by atoms with Crippen molar-refractivity contribution < 1.29 is 23.1 Å². The summed E-state index contributed by atoms with van der Waals surface area (Å²) in [6.45, 7) is 1.63. The number of benzene rings is 1. The zero-order valence-corrected chi connectivity index (χ0v) is 12.8. The predicted octanol–water partition coefficient (Wildman–Crippen LogP) is 1.52. The van der Waals surface area contributed by atoms with E-state index in [2.05, 4.69) is 20.7 Å². The molecule has 0 heterocycles. The maximum absolute atomic E-state index is 11.5. The van der Waals surface area contributed by atoms with E-state index < -0.39 is 27.8 Å². The van der Waals surface area contributed by atoms with Crippen LogP contribution in [0.2, 0.25) is 0 Å². The molecule has 106 valence electrons. The lowest BCUT2D eigenvalue weighted by atomic mass is 10.1. The number of methoxy groups -OCH3 is 1. The lowest BCUT2D eigenvalue weighted by Crippen LogP contribution is -2.32. The van der Waals surface area contributed by atoms with Gasteiger partial charge in [0.2, 0.25) is 10.0 Å². The van der Waals surface area contributed by atoms with Crippen LogP contribution in [0.15, 0.2) is 22.7 Å². The second kappa shape index (κ2) is 6.36. The highest BCUT2D eigenvalue weighted by Gasteiger charge is 2.19. The summed E-state index contributed by atoms with van der Waals surface area (Å²) in [5.74, 6) is -1.71. The van der Waals surface area contributed by atoms with Crippen molar-refractivity contribution in [2.75, 3.05) is 12.9 Å². The highest BCUT2D eigenvalue weighted by molar-refractivity contribution is 9.10. The van der Waals surface area contributed by atoms with Crippen LogP contribution < -0.4 is 9.46 Å². The average Bonchev–Trinajstić information content (AvgIpc) is 2.26. The molecule has 0 saturated heterocycles. The zero-order chi connectivity index (χ0) is 14.6. The second-order valence-electron chi connectivity index (χ2n) is 3.89. The number of aliphatic carboxylic acids is 1. The predicted molar refractivity (Wildman–Crippen MR) is 73.7 cm³/mol. The third kappa shape index (κ3) is 4.81. The molecule has 19 heavy (non-hydrogen) atoms. The van der Waals surface area contributed by atoms with Crippen molar-refractivity contribution in [1.29, 1.82) is 0 Å². The van der Waals surface area contributed by atoms with Gasteiger partial charge < -0.3 is 9.84 Å². The first-order valence-electron chi connectivity index (χ1n) is 5.30. The Balaban J connectivity index is 2.87. The first kappa shape index (κ1) is 15.9. The Morgan fingerprint density at radius 2 is 2.16 bits per heavy atom. The van der Waals surface area contributed by atoms with Crippen molar-refractivity contribution in [2.24, 2.45) is 0 Å². The van der Waals surface area contributed by atoms with Crippen LogP contribution in [0, 0.1) is 0 Å². The van der Waals surface area contributed by atoms with E-state index in [1.807, 2.05) is 0 Å². The van der Waals surface area contributed by atoms with Crippen molar-refractivity contribution in [2.45, 2.75) is 13.0 Å². The number of halogens is 1. The van der Waals surface area contributed by atoms with Crippen molar-refractivity contribution >= 4 is 31.9 Å². The number of ether oxygens (including phenoxy) is 1. The molecule has 1 unspecified atom stereocenters. The summed E-state index contributed by atoms with van der Waals surface area (Å²) >= 11 is 3.30. The molecule has 0 aliphatic carbocycles. The van der Waals surface area contributed by atoms with Crippen LogP contribution in [-0.4, -0.2) is 32.4 Å². The van der Waals surface area contributed by atoms with Gasteiger partial charge in [-0.25, -0.2) is 13.1 Å². The molecule has 6 nitrogen and oxygen atoms in total. The number of hydrogen-bond acceptors (Lipinski definition) is 4. The molecule has 0 fully saturated rings. The van der Waals surface area contributed by atoms with Crippen molar-refractivity contribution in [3.8, 4) is 5.75 Å². The third-order valence-corrected chi connectivity index (χ3v) is 4.31. The summed E-state index contributed by atoms with van der Waals surface area (Å²) in [6.07, 6.45) is 0. The lowest BCUT2D eigenvalue weighted by molar-refractivity contribution is -0.134. The highest BCUT2D eigenvalue weighted by atomic mass is 79.9. The number of carboxylic acid groups (broad SMARTS) is 1. The van der Waals surface area contributed by atoms with Crippen molar-refractivity contribution in [3.63, 3.8) is 0 Å². The maximum atomic E-state index is 11.5. The Labute approximate surface area is 120 Å². The summed E-state index contributed by atoms with van der Waals surface area (Å²) in [5.41, 5.74) is 0.696. The molecule has 2 N–H and O–H groups in total. The van der Waals surface area contributed by atoms with E-state index in [1.54, 1.807) is 25.1 Å². The number of sulfonamides is 1. The van der Waals surface area contributed by atoms with Gasteiger partial charge in [-0.3, -0.25) is 4.79 Å². The number of carboxylic acids is 1. The topological polar surface area (TPSA) is 92.7 Å². The van der Waals surface area contributed by atoms with E-state index in [-0.39, 0.29) is 0 Å². The third-order valence-electron chi connectivity index (χ3n) is 2.35. The van der Waals surface area contributed by atoms with Crippen LogP contribution >= 0.6 is 15.9 Å². The fourth-order valence-electron chi connectivity index (χ4n) is 1.49. The van der Waals surface area contributed by atoms with Gasteiger partial charge in [-0.15, -0.1) is 0 Å². The molecule has 0 aromatic heterocycles. The minimum absolute atomic E-state index is 0.536. The van der Waals surface area contributed by atoms with Crippen LogP contribution in [0.3, 0.4) is 0 Å². The molecule has 0 bridgehead atoms. The molecule has 0 amide bonds. The Hall–Kier alpha value is -1.12. The van der Waals surface area contributed by atoms with E-state index in [4.69, 9.17) is 9.84 Å². The Bertz CT molecular complexity index is 572. The fourth-order valence-corrected chi connectivity index (χ4v) is 3.14. The maximum Gasteiger partial charge on any atom is 0.320 e. The number of rotatable bonds is 6. The minimum Gasteiger partial charge on any atom is -0.496 e. The van der Waals surface area contributed by atoms with E-state index in [0.717, 1.165) is 0 Å². The first-order valence-corrected chi connectivity index (χ1v) is 7.75. The van der Waals surface area contributed by atoms with Crippen molar-refractivity contribution in [1.82, 2.24) is 4.72 Å². The van der Waals surface area contributed by atoms with E-state index in [1.165, 1.54) is 7.11 Å². The highest BCUT2D eigenvalue weighted by Crippen LogP contribution is 2.28. The van der Waals surface area contributed by atoms with Crippen LogP contribution in [0.4, 0.5) is 0 Å². The molecule has 0 saturated carbocycles. The molecule has 8 heteroatoms. The molecule has 1 aromatic rings. The Kier molecular flexibility index (Phi) is 5.33. The minimum atomic E-state index is -3.85. The van der Waals surface area contributed by atoms with Gasteiger partial charge >= 0.3 is 5.97 Å². The van der Waals surface area contributed by atoms with Gasteiger partial charge in [-0.1, -0.05) is 6.07 Å². The molecular weight excluding hydrogens is 338 g/mol. The molecular formula is C11H14BrNO5S. The van der Waals surface area contributed by atoms with Gasteiger partial charge in [-0.05, 0) is 40.5 Å². The number of nitrogens with one attached hydrogen (secondary N) is 1. The van der Waals surface area contributed by atoms with Gasteiger partial charge in [0.15, 0.2) is 5.75 Å².